The molecule has 1 amide bonds. The standard InChI is InChI=1S/C17H23NO2/c1-13-5-4-9-17(20,11-13)12-18-10-8-14-6-2-3-7-15(14)16(18)19/h2-3,6-7,13,20H,4-5,8-12H2,1H3. The van der Waals surface area contributed by atoms with Crippen molar-refractivity contribution in [2.24, 2.45) is 5.92 Å². The van der Waals surface area contributed by atoms with E-state index in [2.05, 4.69) is 6.92 Å². The van der Waals surface area contributed by atoms with E-state index >= 15 is 0 Å². The third-order valence-electron chi connectivity index (χ3n) is 4.74. The van der Waals surface area contributed by atoms with Crippen molar-refractivity contribution in [1.82, 2.24) is 4.90 Å². The predicted octanol–water partition coefficient (Wildman–Crippen LogP) is 2.63. The summed E-state index contributed by atoms with van der Waals surface area (Å²) < 4.78 is 0. The molecule has 108 valence electrons. The molecule has 1 aromatic rings. The van der Waals surface area contributed by atoms with Crippen molar-refractivity contribution in [3.05, 3.63) is 35.4 Å². The second-order valence-electron chi connectivity index (χ2n) is 6.56. The van der Waals surface area contributed by atoms with Gasteiger partial charge >= 0.3 is 0 Å². The first-order chi connectivity index (χ1) is 9.57. The summed E-state index contributed by atoms with van der Waals surface area (Å²) in [6, 6.07) is 7.83. The van der Waals surface area contributed by atoms with Gasteiger partial charge in [0, 0.05) is 18.7 Å². The van der Waals surface area contributed by atoms with Gasteiger partial charge in [-0.15, -0.1) is 0 Å². The number of rotatable bonds is 2. The Hall–Kier alpha value is -1.35. The van der Waals surface area contributed by atoms with Crippen LogP contribution in [0.3, 0.4) is 0 Å². The van der Waals surface area contributed by atoms with Gasteiger partial charge in [0.2, 0.25) is 0 Å². The molecule has 1 saturated carbocycles. The van der Waals surface area contributed by atoms with Crippen molar-refractivity contribution in [2.75, 3.05) is 13.1 Å². The molecule has 1 heterocycles. The monoisotopic (exact) mass is 273 g/mol. The Bertz CT molecular complexity index is 513. The summed E-state index contributed by atoms with van der Waals surface area (Å²) in [6.07, 6.45) is 4.80. The topological polar surface area (TPSA) is 40.5 Å². The molecule has 0 bridgehead atoms. The number of carbonyl (C=O) groups is 1. The van der Waals surface area contributed by atoms with Gasteiger partial charge in [-0.25, -0.2) is 0 Å². The van der Waals surface area contributed by atoms with Crippen LogP contribution in [0.4, 0.5) is 0 Å². The summed E-state index contributed by atoms with van der Waals surface area (Å²) >= 11 is 0. The molecule has 2 unspecified atom stereocenters. The van der Waals surface area contributed by atoms with Crippen LogP contribution in [0, 0.1) is 5.92 Å². The number of amides is 1. The molecule has 2 atom stereocenters. The smallest absolute Gasteiger partial charge is 0.254 e. The third-order valence-corrected chi connectivity index (χ3v) is 4.74. The normalized spacial score (nSPS) is 30.2. The highest BCUT2D eigenvalue weighted by molar-refractivity contribution is 5.96. The molecule has 0 aromatic heterocycles. The van der Waals surface area contributed by atoms with Crippen LogP contribution in [0.15, 0.2) is 24.3 Å². The number of hydrogen-bond donors (Lipinski definition) is 1. The quantitative estimate of drug-likeness (QED) is 0.900. The van der Waals surface area contributed by atoms with E-state index in [1.165, 1.54) is 6.42 Å². The number of benzene rings is 1. The van der Waals surface area contributed by atoms with Crippen molar-refractivity contribution in [2.45, 2.75) is 44.6 Å². The zero-order chi connectivity index (χ0) is 14.2. The second kappa shape index (κ2) is 5.21. The lowest BCUT2D eigenvalue weighted by atomic mass is 9.78. The van der Waals surface area contributed by atoms with Crippen molar-refractivity contribution in [1.29, 1.82) is 0 Å². The molecule has 0 spiro atoms. The van der Waals surface area contributed by atoms with E-state index in [0.29, 0.717) is 12.5 Å². The Morgan fingerprint density at radius 3 is 3.00 bits per heavy atom. The average molecular weight is 273 g/mol. The Labute approximate surface area is 120 Å². The lowest BCUT2D eigenvalue weighted by Crippen LogP contribution is -2.50. The van der Waals surface area contributed by atoms with Crippen LogP contribution in [0.25, 0.3) is 0 Å². The fourth-order valence-electron chi connectivity index (χ4n) is 3.76. The summed E-state index contributed by atoms with van der Waals surface area (Å²) in [5, 5.41) is 10.8. The summed E-state index contributed by atoms with van der Waals surface area (Å²) in [7, 11) is 0. The molecule has 1 aromatic carbocycles. The maximum atomic E-state index is 12.5. The Balaban J connectivity index is 1.75. The number of carbonyl (C=O) groups excluding carboxylic acids is 1. The lowest BCUT2D eigenvalue weighted by Gasteiger charge is -2.40. The lowest BCUT2D eigenvalue weighted by molar-refractivity contribution is -0.0359. The highest BCUT2D eigenvalue weighted by atomic mass is 16.3. The van der Waals surface area contributed by atoms with Gasteiger partial charge in [-0.1, -0.05) is 38.0 Å². The highest BCUT2D eigenvalue weighted by Gasteiger charge is 2.37. The number of aliphatic hydroxyl groups is 1. The number of β-amino-alcohol motifs (C(OH)–C–C–N with tert-alkyl or cyclic N) is 1. The molecule has 1 N–H and O–H groups in total. The number of nitrogens with zero attached hydrogens (tertiary/aromatic N) is 1. The number of fused-ring (bicyclic) bond motifs is 1. The van der Waals surface area contributed by atoms with Gasteiger partial charge < -0.3 is 10.0 Å². The van der Waals surface area contributed by atoms with Crippen LogP contribution in [-0.2, 0) is 6.42 Å². The first-order valence-corrected chi connectivity index (χ1v) is 7.67. The van der Waals surface area contributed by atoms with E-state index in [1.54, 1.807) is 0 Å². The predicted molar refractivity (Wildman–Crippen MR) is 78.6 cm³/mol. The van der Waals surface area contributed by atoms with E-state index in [0.717, 1.165) is 43.4 Å². The maximum Gasteiger partial charge on any atom is 0.254 e. The van der Waals surface area contributed by atoms with Gasteiger partial charge in [-0.2, -0.15) is 0 Å². The largest absolute Gasteiger partial charge is 0.388 e. The van der Waals surface area contributed by atoms with Crippen molar-refractivity contribution >= 4 is 5.91 Å². The van der Waals surface area contributed by atoms with Crippen molar-refractivity contribution in [3.8, 4) is 0 Å². The van der Waals surface area contributed by atoms with Crippen LogP contribution in [0.1, 0.15) is 48.5 Å². The fraction of sp³-hybridized carbons (Fsp3) is 0.588. The van der Waals surface area contributed by atoms with Gasteiger partial charge in [-0.05, 0) is 36.8 Å². The molecule has 0 saturated heterocycles. The summed E-state index contributed by atoms with van der Waals surface area (Å²) in [5.74, 6) is 0.638. The van der Waals surface area contributed by atoms with Crippen LogP contribution >= 0.6 is 0 Å². The Morgan fingerprint density at radius 2 is 2.20 bits per heavy atom. The third kappa shape index (κ3) is 2.59. The van der Waals surface area contributed by atoms with Gasteiger partial charge in [0.05, 0.1) is 5.60 Å². The molecule has 1 fully saturated rings. The van der Waals surface area contributed by atoms with Gasteiger partial charge in [0.1, 0.15) is 0 Å². The molecule has 0 radical (unpaired) electrons. The van der Waals surface area contributed by atoms with Crippen molar-refractivity contribution < 1.29 is 9.90 Å². The van der Waals surface area contributed by atoms with Gasteiger partial charge in [0.25, 0.3) is 5.91 Å². The molecule has 1 aliphatic carbocycles. The molecular weight excluding hydrogens is 250 g/mol. The molecular formula is C17H23NO2. The molecule has 1 aliphatic heterocycles. The number of hydrogen-bond acceptors (Lipinski definition) is 2. The van der Waals surface area contributed by atoms with Gasteiger partial charge in [-0.3, -0.25) is 4.79 Å². The van der Waals surface area contributed by atoms with E-state index in [-0.39, 0.29) is 5.91 Å². The zero-order valence-corrected chi connectivity index (χ0v) is 12.1. The molecule has 3 heteroatoms. The SMILES string of the molecule is CC1CCCC(O)(CN2CCc3ccccc3C2=O)C1. The van der Waals surface area contributed by atoms with Crippen LogP contribution in [0.2, 0.25) is 0 Å². The van der Waals surface area contributed by atoms with Crippen LogP contribution < -0.4 is 0 Å². The van der Waals surface area contributed by atoms with Crippen LogP contribution in [0.5, 0.6) is 0 Å². The van der Waals surface area contributed by atoms with E-state index in [4.69, 9.17) is 0 Å². The molecule has 20 heavy (non-hydrogen) atoms. The summed E-state index contributed by atoms with van der Waals surface area (Å²) in [4.78, 5) is 14.4. The van der Waals surface area contributed by atoms with Gasteiger partial charge in [0.15, 0.2) is 0 Å². The second-order valence-corrected chi connectivity index (χ2v) is 6.56. The molecule has 3 nitrogen and oxygen atoms in total. The van der Waals surface area contributed by atoms with E-state index in [9.17, 15) is 9.90 Å². The summed E-state index contributed by atoms with van der Waals surface area (Å²) in [6.45, 7) is 3.41. The minimum absolute atomic E-state index is 0.0819. The highest BCUT2D eigenvalue weighted by Crippen LogP contribution is 2.33. The van der Waals surface area contributed by atoms with Crippen LogP contribution in [-0.4, -0.2) is 34.6 Å². The first kappa shape index (κ1) is 13.6. The Kier molecular flexibility index (Phi) is 3.55. The van der Waals surface area contributed by atoms with E-state index in [1.807, 2.05) is 29.2 Å². The Morgan fingerprint density at radius 1 is 1.40 bits per heavy atom. The minimum atomic E-state index is -0.681. The zero-order valence-electron chi connectivity index (χ0n) is 12.1. The minimum Gasteiger partial charge on any atom is -0.388 e. The average Bonchev–Trinajstić information content (AvgIpc) is 2.42. The van der Waals surface area contributed by atoms with E-state index < -0.39 is 5.60 Å². The molecule has 3 rings (SSSR count). The maximum absolute atomic E-state index is 12.5. The first-order valence-electron chi connectivity index (χ1n) is 7.67. The fourth-order valence-corrected chi connectivity index (χ4v) is 3.76. The summed E-state index contributed by atoms with van der Waals surface area (Å²) in [5.41, 5.74) is 1.27. The van der Waals surface area contributed by atoms with Crippen molar-refractivity contribution in [3.63, 3.8) is 0 Å². The molecule has 2 aliphatic rings.